The lowest BCUT2D eigenvalue weighted by molar-refractivity contribution is -0.137. The maximum absolute atomic E-state index is 10.5. The minimum atomic E-state index is -0.764. The molecule has 1 aliphatic rings. The highest BCUT2D eigenvalue weighted by Gasteiger charge is 2.32. The van der Waals surface area contributed by atoms with Crippen molar-refractivity contribution in [3.63, 3.8) is 0 Å². The Bertz CT molecular complexity index is 439. The summed E-state index contributed by atoms with van der Waals surface area (Å²) in [6, 6.07) is 0. The largest absolute Gasteiger partial charge is 0.481 e. The average molecular weight is 353 g/mol. The number of rotatable bonds is 12. The van der Waals surface area contributed by atoms with Crippen LogP contribution in [0.2, 0.25) is 0 Å². The quantitative estimate of drug-likeness (QED) is 0.358. The number of allylic oxidation sites excluding steroid dienone is 3. The van der Waals surface area contributed by atoms with Gasteiger partial charge in [0.1, 0.15) is 0 Å². The number of carboxylic acids is 1. The van der Waals surface area contributed by atoms with Gasteiger partial charge < -0.3 is 15.3 Å². The van der Waals surface area contributed by atoms with Gasteiger partial charge in [-0.15, -0.1) is 0 Å². The van der Waals surface area contributed by atoms with E-state index >= 15 is 0 Å². The van der Waals surface area contributed by atoms with E-state index in [4.69, 9.17) is 5.11 Å². The van der Waals surface area contributed by atoms with Crippen LogP contribution in [0, 0.1) is 11.8 Å². The van der Waals surface area contributed by atoms with E-state index in [0.717, 1.165) is 51.4 Å². The molecule has 0 bridgehead atoms. The Balaban J connectivity index is 2.45. The second-order valence-corrected chi connectivity index (χ2v) is 7.64. The molecule has 1 rings (SSSR count). The molecule has 0 saturated heterocycles. The van der Waals surface area contributed by atoms with Crippen molar-refractivity contribution in [2.24, 2.45) is 11.8 Å². The molecule has 0 aromatic rings. The van der Waals surface area contributed by atoms with E-state index in [1.165, 1.54) is 0 Å². The molecule has 25 heavy (non-hydrogen) atoms. The topological polar surface area (TPSA) is 77.8 Å². The summed E-state index contributed by atoms with van der Waals surface area (Å²) in [6.45, 7) is 4.02. The van der Waals surface area contributed by atoms with Crippen LogP contribution >= 0.6 is 0 Å². The van der Waals surface area contributed by atoms with Gasteiger partial charge in [-0.25, -0.2) is 0 Å². The van der Waals surface area contributed by atoms with Gasteiger partial charge in [-0.2, -0.15) is 0 Å². The average Bonchev–Trinajstić information content (AvgIpc) is 2.89. The standard InChI is InChI=1S/C21H36O4/c1-3-4-9-15-21(2,25)16-14-17-12-13-19(22)18(17)10-7-5-6-8-11-20(23)24/h5,7,14,16-19,22,25H,3-4,6,8-13,15H2,1-2H3,(H,23,24)/b7-5-,16-14+/t17?,18?,19-,21?/m0/s1. The highest BCUT2D eigenvalue weighted by Crippen LogP contribution is 2.36. The third-order valence-corrected chi connectivity index (χ3v) is 5.17. The van der Waals surface area contributed by atoms with Crippen LogP contribution in [-0.2, 0) is 4.79 Å². The van der Waals surface area contributed by atoms with E-state index < -0.39 is 11.6 Å². The summed E-state index contributed by atoms with van der Waals surface area (Å²) >= 11 is 0. The van der Waals surface area contributed by atoms with Crippen molar-refractivity contribution >= 4 is 5.97 Å². The van der Waals surface area contributed by atoms with Crippen LogP contribution in [0.15, 0.2) is 24.3 Å². The number of aliphatic hydroxyl groups excluding tert-OH is 1. The molecule has 0 aromatic heterocycles. The minimum absolute atomic E-state index is 0.193. The molecule has 0 amide bonds. The molecule has 0 radical (unpaired) electrons. The van der Waals surface area contributed by atoms with Crippen LogP contribution < -0.4 is 0 Å². The predicted molar refractivity (Wildman–Crippen MR) is 101 cm³/mol. The highest BCUT2D eigenvalue weighted by atomic mass is 16.4. The molecule has 144 valence electrons. The van der Waals surface area contributed by atoms with E-state index in [-0.39, 0.29) is 18.4 Å². The van der Waals surface area contributed by atoms with Crippen molar-refractivity contribution in [3.05, 3.63) is 24.3 Å². The molecule has 3 unspecified atom stereocenters. The summed E-state index contributed by atoms with van der Waals surface area (Å²) in [5.74, 6) is -0.259. The highest BCUT2D eigenvalue weighted by molar-refractivity contribution is 5.66. The van der Waals surface area contributed by atoms with Gasteiger partial charge in [-0.3, -0.25) is 4.79 Å². The van der Waals surface area contributed by atoms with Gasteiger partial charge in [0.15, 0.2) is 0 Å². The van der Waals surface area contributed by atoms with Crippen LogP contribution in [0.25, 0.3) is 0 Å². The van der Waals surface area contributed by atoms with Crippen molar-refractivity contribution < 1.29 is 20.1 Å². The zero-order chi connectivity index (χ0) is 18.7. The van der Waals surface area contributed by atoms with Gasteiger partial charge in [0.05, 0.1) is 11.7 Å². The van der Waals surface area contributed by atoms with Crippen LogP contribution in [0.4, 0.5) is 0 Å². The molecular weight excluding hydrogens is 316 g/mol. The second-order valence-electron chi connectivity index (χ2n) is 7.64. The molecule has 0 spiro atoms. The fourth-order valence-electron chi connectivity index (χ4n) is 3.54. The Hall–Kier alpha value is -1.13. The van der Waals surface area contributed by atoms with Crippen LogP contribution in [-0.4, -0.2) is 33.0 Å². The zero-order valence-corrected chi connectivity index (χ0v) is 15.9. The summed E-state index contributed by atoms with van der Waals surface area (Å²) in [4.78, 5) is 10.5. The molecule has 1 saturated carbocycles. The first-order valence-corrected chi connectivity index (χ1v) is 9.82. The second kappa shape index (κ2) is 11.5. The molecular formula is C21H36O4. The number of hydrogen-bond donors (Lipinski definition) is 3. The lowest BCUT2D eigenvalue weighted by Crippen LogP contribution is -2.22. The predicted octanol–water partition coefficient (Wildman–Crippen LogP) is 4.46. The van der Waals surface area contributed by atoms with Gasteiger partial charge in [0, 0.05) is 6.42 Å². The maximum Gasteiger partial charge on any atom is 0.303 e. The third kappa shape index (κ3) is 9.22. The first-order valence-electron chi connectivity index (χ1n) is 9.82. The molecule has 0 aromatic carbocycles. The first kappa shape index (κ1) is 21.9. The number of carboxylic acid groups (broad SMARTS) is 1. The van der Waals surface area contributed by atoms with E-state index in [2.05, 4.69) is 19.1 Å². The first-order chi connectivity index (χ1) is 11.9. The van der Waals surface area contributed by atoms with Gasteiger partial charge in [-0.1, -0.05) is 50.5 Å². The van der Waals surface area contributed by atoms with Gasteiger partial charge in [0.2, 0.25) is 0 Å². The summed E-state index contributed by atoms with van der Waals surface area (Å²) in [5.41, 5.74) is -0.764. The number of carbonyl (C=O) groups is 1. The molecule has 1 aliphatic carbocycles. The summed E-state index contributed by atoms with van der Waals surface area (Å²) in [7, 11) is 0. The summed E-state index contributed by atoms with van der Waals surface area (Å²) < 4.78 is 0. The summed E-state index contributed by atoms with van der Waals surface area (Å²) in [5, 5.41) is 29.3. The Morgan fingerprint density at radius 3 is 2.64 bits per heavy atom. The van der Waals surface area contributed by atoms with Crippen LogP contribution in [0.3, 0.4) is 0 Å². The van der Waals surface area contributed by atoms with E-state index in [0.29, 0.717) is 12.3 Å². The summed E-state index contributed by atoms with van der Waals surface area (Å²) in [6.07, 6.45) is 16.1. The fraction of sp³-hybridized carbons (Fsp3) is 0.762. The Morgan fingerprint density at radius 2 is 1.96 bits per heavy atom. The lowest BCUT2D eigenvalue weighted by atomic mass is 9.88. The smallest absolute Gasteiger partial charge is 0.303 e. The molecule has 4 atom stereocenters. The Kier molecular flexibility index (Phi) is 10.1. The van der Waals surface area contributed by atoms with Gasteiger partial charge >= 0.3 is 5.97 Å². The third-order valence-electron chi connectivity index (χ3n) is 5.17. The molecule has 4 heteroatoms. The lowest BCUT2D eigenvalue weighted by Gasteiger charge is -2.22. The zero-order valence-electron chi connectivity index (χ0n) is 15.9. The fourth-order valence-corrected chi connectivity index (χ4v) is 3.54. The van der Waals surface area contributed by atoms with Crippen LogP contribution in [0.5, 0.6) is 0 Å². The van der Waals surface area contributed by atoms with Gasteiger partial charge in [0.25, 0.3) is 0 Å². The Labute approximate surface area is 152 Å². The molecule has 0 aliphatic heterocycles. The maximum atomic E-state index is 10.5. The van der Waals surface area contributed by atoms with E-state index in [1.54, 1.807) is 0 Å². The van der Waals surface area contributed by atoms with Crippen molar-refractivity contribution in [3.8, 4) is 0 Å². The van der Waals surface area contributed by atoms with Crippen molar-refractivity contribution in [1.82, 2.24) is 0 Å². The number of aliphatic carboxylic acids is 1. The molecule has 3 N–H and O–H groups in total. The van der Waals surface area contributed by atoms with E-state index in [1.807, 2.05) is 19.1 Å². The van der Waals surface area contributed by atoms with Crippen molar-refractivity contribution in [2.45, 2.75) is 89.8 Å². The monoisotopic (exact) mass is 352 g/mol. The van der Waals surface area contributed by atoms with Crippen molar-refractivity contribution in [2.75, 3.05) is 0 Å². The molecule has 1 fully saturated rings. The van der Waals surface area contributed by atoms with Crippen molar-refractivity contribution in [1.29, 1.82) is 0 Å². The van der Waals surface area contributed by atoms with Gasteiger partial charge in [-0.05, 0) is 57.3 Å². The molecule has 0 heterocycles. The normalized spacial score (nSPS) is 26.5. The van der Waals surface area contributed by atoms with E-state index in [9.17, 15) is 15.0 Å². The number of aliphatic hydroxyl groups is 2. The minimum Gasteiger partial charge on any atom is -0.481 e. The Morgan fingerprint density at radius 1 is 1.20 bits per heavy atom. The molecule has 4 nitrogen and oxygen atoms in total. The number of hydrogen-bond acceptors (Lipinski definition) is 3. The SMILES string of the molecule is CCCCCC(C)(O)/C=C/C1CC[C@H](O)C1C/C=C\CCCC(=O)O. The van der Waals surface area contributed by atoms with Crippen LogP contribution in [0.1, 0.15) is 78.1 Å². The number of unbranched alkanes of at least 4 members (excludes halogenated alkanes) is 3.